The smallest absolute Gasteiger partial charge is 0.192 e. The number of fused-ring (bicyclic) bond motifs is 3. The van der Waals surface area contributed by atoms with Crippen LogP contribution in [0.5, 0.6) is 11.5 Å². The molecule has 1 heterocycles. The predicted molar refractivity (Wildman–Crippen MR) is 74.7 cm³/mol. The topological polar surface area (TPSA) is 58.9 Å². The Balaban J connectivity index is 1.95. The van der Waals surface area contributed by atoms with Crippen LogP contribution in [0.1, 0.15) is 11.1 Å². The van der Waals surface area contributed by atoms with Crippen LogP contribution >= 0.6 is 0 Å². The van der Waals surface area contributed by atoms with Gasteiger partial charge < -0.3 is 19.7 Å². The molecule has 0 bridgehead atoms. The van der Waals surface area contributed by atoms with Crippen LogP contribution in [0.25, 0.3) is 16.8 Å². The van der Waals surface area contributed by atoms with Crippen molar-refractivity contribution < 1.29 is 19.7 Å². The molecule has 20 heavy (non-hydrogen) atoms. The van der Waals surface area contributed by atoms with Gasteiger partial charge >= 0.3 is 0 Å². The summed E-state index contributed by atoms with van der Waals surface area (Å²) < 4.78 is 11.4. The Morgan fingerprint density at radius 1 is 0.950 bits per heavy atom. The fourth-order valence-electron chi connectivity index (χ4n) is 3.03. The van der Waals surface area contributed by atoms with E-state index >= 15 is 0 Å². The third kappa shape index (κ3) is 1.55. The maximum absolute atomic E-state index is 10.1. The zero-order chi connectivity index (χ0) is 13.7. The number of hydrogen-bond acceptors (Lipinski definition) is 4. The highest BCUT2D eigenvalue weighted by molar-refractivity contribution is 6.00. The summed E-state index contributed by atoms with van der Waals surface area (Å²) in [5.74, 6) is -0.321. The van der Waals surface area contributed by atoms with E-state index in [4.69, 9.17) is 9.47 Å². The second kappa shape index (κ2) is 3.98. The average Bonchev–Trinajstić information content (AvgIpc) is 2.90. The van der Waals surface area contributed by atoms with Gasteiger partial charge in [0.15, 0.2) is 5.79 Å². The van der Waals surface area contributed by atoms with Gasteiger partial charge in [-0.15, -0.1) is 0 Å². The largest absolute Gasteiger partial charge is 0.507 e. The van der Waals surface area contributed by atoms with Crippen LogP contribution in [0.15, 0.2) is 30.3 Å². The minimum Gasteiger partial charge on any atom is -0.507 e. The van der Waals surface area contributed by atoms with Crippen LogP contribution in [-0.4, -0.2) is 29.2 Å². The molecule has 1 spiro atoms. The number of aromatic hydroxyl groups is 2. The van der Waals surface area contributed by atoms with Crippen molar-refractivity contribution in [1.29, 1.82) is 0 Å². The number of hydrogen-bond donors (Lipinski definition) is 2. The summed E-state index contributed by atoms with van der Waals surface area (Å²) in [6, 6.07) is 6.79. The molecule has 4 rings (SSSR count). The van der Waals surface area contributed by atoms with E-state index in [2.05, 4.69) is 0 Å². The molecule has 102 valence electrons. The second-order valence-electron chi connectivity index (χ2n) is 5.18. The first kappa shape index (κ1) is 11.8. The molecule has 2 aliphatic rings. The lowest BCUT2D eigenvalue weighted by Gasteiger charge is -2.28. The Morgan fingerprint density at radius 2 is 1.70 bits per heavy atom. The first-order chi connectivity index (χ1) is 9.69. The van der Waals surface area contributed by atoms with Crippen molar-refractivity contribution in [2.24, 2.45) is 0 Å². The van der Waals surface area contributed by atoms with Gasteiger partial charge in [-0.2, -0.15) is 0 Å². The highest BCUT2D eigenvalue weighted by atomic mass is 16.7. The van der Waals surface area contributed by atoms with E-state index in [1.807, 2.05) is 24.3 Å². The minimum absolute atomic E-state index is 0.169. The predicted octanol–water partition coefficient (Wildman–Crippen LogP) is 2.56. The van der Waals surface area contributed by atoms with Gasteiger partial charge in [0.2, 0.25) is 0 Å². The van der Waals surface area contributed by atoms with Crippen molar-refractivity contribution in [3.05, 3.63) is 41.5 Å². The molecule has 2 N–H and O–H groups in total. The summed E-state index contributed by atoms with van der Waals surface area (Å²) in [6.07, 6.45) is 4.42. The number of benzene rings is 2. The van der Waals surface area contributed by atoms with Crippen molar-refractivity contribution in [1.82, 2.24) is 0 Å². The molecule has 0 unspecified atom stereocenters. The summed E-state index contributed by atoms with van der Waals surface area (Å²) in [5, 5.41) is 21.3. The van der Waals surface area contributed by atoms with Gasteiger partial charge in [-0.25, -0.2) is 0 Å². The SMILES string of the molecule is Oc1ccc(O)c2c3c(ccc12)CC1(C=C3)OCCO1. The standard InChI is InChI=1S/C16H14O4/c17-13-3-4-14(18)15-11-5-6-16(19-7-8-20-16)9-10(11)1-2-12(13)15/h1-6,17-18H,7-9H2. The van der Waals surface area contributed by atoms with Crippen LogP contribution in [-0.2, 0) is 15.9 Å². The molecule has 0 atom stereocenters. The first-order valence-corrected chi connectivity index (χ1v) is 6.62. The molecule has 0 amide bonds. The van der Waals surface area contributed by atoms with Gasteiger partial charge in [0.05, 0.1) is 13.2 Å². The van der Waals surface area contributed by atoms with E-state index in [0.717, 1.165) is 11.1 Å². The van der Waals surface area contributed by atoms with E-state index < -0.39 is 5.79 Å². The van der Waals surface area contributed by atoms with E-state index in [0.29, 0.717) is 30.4 Å². The molecular formula is C16H14O4. The summed E-state index contributed by atoms with van der Waals surface area (Å²) >= 11 is 0. The van der Waals surface area contributed by atoms with Crippen LogP contribution < -0.4 is 0 Å². The Labute approximate surface area is 115 Å². The van der Waals surface area contributed by atoms with Crippen molar-refractivity contribution in [2.75, 3.05) is 13.2 Å². The van der Waals surface area contributed by atoms with Crippen LogP contribution in [0, 0.1) is 0 Å². The van der Waals surface area contributed by atoms with Gasteiger partial charge in [-0.05, 0) is 29.3 Å². The Bertz CT molecular complexity index is 727. The minimum atomic E-state index is -0.660. The normalized spacial score (nSPS) is 19.6. The zero-order valence-corrected chi connectivity index (χ0v) is 10.8. The Morgan fingerprint density at radius 3 is 2.50 bits per heavy atom. The second-order valence-corrected chi connectivity index (χ2v) is 5.18. The fraction of sp³-hybridized carbons (Fsp3) is 0.250. The fourth-order valence-corrected chi connectivity index (χ4v) is 3.03. The van der Waals surface area contributed by atoms with Gasteiger partial charge in [0.25, 0.3) is 0 Å². The summed E-state index contributed by atoms with van der Waals surface area (Å²) in [7, 11) is 0. The van der Waals surface area contributed by atoms with E-state index in [1.54, 1.807) is 0 Å². The number of rotatable bonds is 0. The molecule has 1 aliphatic carbocycles. The summed E-state index contributed by atoms with van der Waals surface area (Å²) in [6.45, 7) is 1.19. The molecule has 1 saturated heterocycles. The molecule has 4 nitrogen and oxygen atoms in total. The van der Waals surface area contributed by atoms with E-state index in [9.17, 15) is 10.2 Å². The molecule has 2 aromatic carbocycles. The molecule has 0 aromatic heterocycles. The number of ether oxygens (including phenoxy) is 2. The van der Waals surface area contributed by atoms with Crippen LogP contribution in [0.2, 0.25) is 0 Å². The Hall–Kier alpha value is -2.04. The highest BCUT2D eigenvalue weighted by Gasteiger charge is 2.37. The van der Waals surface area contributed by atoms with Crippen LogP contribution in [0.4, 0.5) is 0 Å². The average molecular weight is 270 g/mol. The lowest BCUT2D eigenvalue weighted by Crippen LogP contribution is -2.32. The molecule has 0 radical (unpaired) electrons. The maximum Gasteiger partial charge on any atom is 0.192 e. The third-order valence-corrected chi connectivity index (χ3v) is 3.98. The lowest BCUT2D eigenvalue weighted by molar-refractivity contribution is -0.115. The van der Waals surface area contributed by atoms with Crippen molar-refractivity contribution in [2.45, 2.75) is 12.2 Å². The zero-order valence-electron chi connectivity index (χ0n) is 10.8. The van der Waals surface area contributed by atoms with Gasteiger partial charge in [-0.1, -0.05) is 18.2 Å². The molecule has 2 aromatic rings. The molecular weight excluding hydrogens is 256 g/mol. The van der Waals surface area contributed by atoms with Crippen LogP contribution in [0.3, 0.4) is 0 Å². The molecule has 1 aliphatic heterocycles. The quantitative estimate of drug-likeness (QED) is 0.722. The van der Waals surface area contributed by atoms with Gasteiger partial charge in [-0.3, -0.25) is 0 Å². The van der Waals surface area contributed by atoms with Gasteiger partial charge in [0, 0.05) is 17.2 Å². The lowest BCUT2D eigenvalue weighted by atomic mass is 9.89. The van der Waals surface area contributed by atoms with Crippen molar-refractivity contribution in [3.63, 3.8) is 0 Å². The molecule has 1 fully saturated rings. The Kier molecular flexibility index (Phi) is 2.34. The van der Waals surface area contributed by atoms with Gasteiger partial charge in [0.1, 0.15) is 11.5 Å². The maximum atomic E-state index is 10.1. The molecule has 4 heteroatoms. The van der Waals surface area contributed by atoms with E-state index in [1.165, 1.54) is 12.1 Å². The van der Waals surface area contributed by atoms with Crippen molar-refractivity contribution >= 4 is 16.8 Å². The first-order valence-electron chi connectivity index (χ1n) is 6.62. The van der Waals surface area contributed by atoms with Crippen molar-refractivity contribution in [3.8, 4) is 11.5 Å². The number of phenolic OH excluding ortho intramolecular Hbond substituents is 2. The van der Waals surface area contributed by atoms with E-state index in [-0.39, 0.29) is 11.5 Å². The third-order valence-electron chi connectivity index (χ3n) is 3.98. The number of phenols is 2. The highest BCUT2D eigenvalue weighted by Crippen LogP contribution is 2.41. The summed E-state index contributed by atoms with van der Waals surface area (Å²) in [4.78, 5) is 0. The monoisotopic (exact) mass is 270 g/mol. The molecule has 0 saturated carbocycles. The summed E-state index contributed by atoms with van der Waals surface area (Å²) in [5.41, 5.74) is 1.96.